The number of hydrogen-bond donors (Lipinski definition) is 2. The van der Waals surface area contributed by atoms with Crippen LogP contribution in [0.4, 0.5) is 5.69 Å². The third-order valence-corrected chi connectivity index (χ3v) is 5.84. The van der Waals surface area contributed by atoms with Crippen LogP contribution < -0.4 is 11.3 Å². The third kappa shape index (κ3) is 3.85. The summed E-state index contributed by atoms with van der Waals surface area (Å²) < 4.78 is 0. The minimum Gasteiger partial charge on any atom is -0.354 e. The van der Waals surface area contributed by atoms with Crippen LogP contribution in [0.5, 0.6) is 0 Å². The summed E-state index contributed by atoms with van der Waals surface area (Å²) in [4.78, 5) is 31.5. The van der Waals surface area contributed by atoms with Crippen LogP contribution in [0, 0.1) is 10.1 Å². The largest absolute Gasteiger partial charge is 0.354 e. The molecule has 2 aromatic heterocycles. The Hall–Kier alpha value is -4.62. The van der Waals surface area contributed by atoms with Crippen molar-refractivity contribution in [2.45, 2.75) is 6.54 Å². The van der Waals surface area contributed by atoms with E-state index in [0.717, 1.165) is 27.9 Å². The molecule has 5 rings (SSSR count). The smallest absolute Gasteiger partial charge is 0.270 e. The first-order chi connectivity index (χ1) is 16.5. The molecule has 0 saturated carbocycles. The van der Waals surface area contributed by atoms with Crippen molar-refractivity contribution in [3.05, 3.63) is 117 Å². The van der Waals surface area contributed by atoms with Crippen molar-refractivity contribution in [3.63, 3.8) is 0 Å². The van der Waals surface area contributed by atoms with Crippen LogP contribution in [0.2, 0.25) is 0 Å². The first-order valence-electron chi connectivity index (χ1n) is 10.8. The van der Waals surface area contributed by atoms with E-state index in [0.29, 0.717) is 28.6 Å². The molecule has 0 aliphatic rings. The van der Waals surface area contributed by atoms with Crippen molar-refractivity contribution in [2.24, 2.45) is 0 Å². The fourth-order valence-electron chi connectivity index (χ4n) is 4.07. The van der Waals surface area contributed by atoms with Crippen LogP contribution in [0.25, 0.3) is 44.4 Å². The second-order valence-electron chi connectivity index (χ2n) is 7.93. The van der Waals surface area contributed by atoms with Gasteiger partial charge in [0.05, 0.1) is 28.1 Å². The maximum absolute atomic E-state index is 12.8. The second kappa shape index (κ2) is 8.73. The molecule has 166 valence electrons. The average molecular weight is 449 g/mol. The molecule has 4 N–H and O–H groups in total. The quantitative estimate of drug-likeness (QED) is 0.302. The van der Waals surface area contributed by atoms with Crippen molar-refractivity contribution in [2.75, 3.05) is 0 Å². The normalized spacial score (nSPS) is 11.0. The van der Waals surface area contributed by atoms with Gasteiger partial charge in [0.1, 0.15) is 0 Å². The highest BCUT2D eigenvalue weighted by Gasteiger charge is 2.17. The van der Waals surface area contributed by atoms with Crippen LogP contribution >= 0.6 is 0 Å². The minimum atomic E-state index is -0.437. The Labute approximate surface area is 194 Å². The van der Waals surface area contributed by atoms with Gasteiger partial charge in [0.15, 0.2) is 0 Å². The molecule has 0 saturated heterocycles. The van der Waals surface area contributed by atoms with Crippen LogP contribution in [0.15, 0.2) is 95.9 Å². The van der Waals surface area contributed by atoms with E-state index in [-0.39, 0.29) is 11.2 Å². The lowest BCUT2D eigenvalue weighted by atomic mass is 9.95. The van der Waals surface area contributed by atoms with E-state index in [1.54, 1.807) is 18.3 Å². The van der Waals surface area contributed by atoms with Gasteiger partial charge in [-0.25, -0.2) is 4.98 Å². The number of rotatable bonds is 5. The lowest BCUT2D eigenvalue weighted by Gasteiger charge is -2.14. The fraction of sp³-hybridized carbons (Fsp3) is 0.0370. The first-order valence-corrected chi connectivity index (χ1v) is 10.8. The number of non-ortho nitro benzene ring substituents is 1. The Morgan fingerprint density at radius 2 is 1.59 bits per heavy atom. The van der Waals surface area contributed by atoms with Gasteiger partial charge in [0.2, 0.25) is 0 Å². The summed E-state index contributed by atoms with van der Waals surface area (Å²) in [6.45, 7) is 0.684. The molecule has 34 heavy (non-hydrogen) atoms. The van der Waals surface area contributed by atoms with E-state index < -0.39 is 4.92 Å². The van der Waals surface area contributed by atoms with Gasteiger partial charge in [-0.3, -0.25) is 14.9 Å². The Bertz CT molecular complexity index is 1580. The average Bonchev–Trinajstić information content (AvgIpc) is 2.89. The molecule has 0 aliphatic carbocycles. The van der Waals surface area contributed by atoms with Gasteiger partial charge >= 0.3 is 0 Å². The van der Waals surface area contributed by atoms with Crippen molar-refractivity contribution >= 4 is 16.6 Å². The number of aromatic amines is 1. The van der Waals surface area contributed by atoms with Crippen molar-refractivity contribution in [3.8, 4) is 33.5 Å². The van der Waals surface area contributed by atoms with Crippen molar-refractivity contribution in [1.82, 2.24) is 9.97 Å². The molecule has 0 amide bonds. The summed E-state index contributed by atoms with van der Waals surface area (Å²) in [6.07, 6.45) is 1.56. The van der Waals surface area contributed by atoms with E-state index in [4.69, 9.17) is 4.98 Å². The van der Waals surface area contributed by atoms with Crippen LogP contribution in [-0.2, 0) is 6.54 Å². The lowest BCUT2D eigenvalue weighted by molar-refractivity contribution is -0.386. The zero-order valence-corrected chi connectivity index (χ0v) is 18.2. The number of fused-ring (bicyclic) bond motifs is 1. The van der Waals surface area contributed by atoms with Crippen LogP contribution in [-0.4, -0.2) is 14.9 Å². The van der Waals surface area contributed by atoms with E-state index in [9.17, 15) is 14.9 Å². The number of aromatic nitrogens is 2. The molecular formula is C27H21N4O3+. The molecule has 0 aliphatic heterocycles. The first kappa shape index (κ1) is 21.2. The molecule has 0 atom stereocenters. The maximum atomic E-state index is 12.8. The molecule has 7 nitrogen and oxygen atoms in total. The highest BCUT2D eigenvalue weighted by molar-refractivity contribution is 5.98. The van der Waals surface area contributed by atoms with Crippen LogP contribution in [0.1, 0.15) is 5.56 Å². The van der Waals surface area contributed by atoms with E-state index in [2.05, 4.69) is 10.7 Å². The highest BCUT2D eigenvalue weighted by atomic mass is 16.6. The Morgan fingerprint density at radius 1 is 0.853 bits per heavy atom. The molecule has 0 bridgehead atoms. The Kier molecular flexibility index (Phi) is 5.45. The topological polar surface area (TPSA) is 117 Å². The van der Waals surface area contributed by atoms with Crippen molar-refractivity contribution in [1.29, 1.82) is 0 Å². The number of nitro benzene ring substituents is 1. The molecular weight excluding hydrogens is 428 g/mol. The summed E-state index contributed by atoms with van der Waals surface area (Å²) >= 11 is 0. The molecule has 3 aromatic carbocycles. The summed E-state index contributed by atoms with van der Waals surface area (Å²) in [7, 11) is 0. The number of pyridine rings is 2. The zero-order valence-electron chi connectivity index (χ0n) is 18.2. The number of benzene rings is 3. The predicted molar refractivity (Wildman–Crippen MR) is 132 cm³/mol. The Balaban J connectivity index is 1.83. The SMILES string of the molecule is [NH3+]Cc1ccc(-c2nc3c(-c4cccc([N+](=O)[O-])c4)c[nH]c(=O)c3cc2-c2ccccc2)cc1. The molecule has 2 heterocycles. The molecule has 0 unspecified atom stereocenters. The van der Waals surface area contributed by atoms with E-state index in [1.807, 2.05) is 60.7 Å². The minimum absolute atomic E-state index is 0.0262. The number of nitrogens with one attached hydrogen (secondary N) is 1. The number of H-pyrrole nitrogens is 1. The van der Waals surface area contributed by atoms with Gasteiger partial charge in [0, 0.05) is 40.6 Å². The predicted octanol–water partition coefficient (Wildman–Crippen LogP) is 4.57. The standard InChI is InChI=1S/C27H20N4O3/c28-15-17-9-11-19(12-10-17)25-22(18-5-2-1-3-6-18)14-23-26(30-25)24(16-29-27(23)32)20-7-4-8-21(13-20)31(33)34/h1-14,16H,15,28H2,(H,29,32)/p+1. The fourth-order valence-corrected chi connectivity index (χ4v) is 4.07. The highest BCUT2D eigenvalue weighted by Crippen LogP contribution is 2.36. The summed E-state index contributed by atoms with van der Waals surface area (Å²) in [5, 5.41) is 11.7. The number of nitrogens with zero attached hydrogens (tertiary/aromatic N) is 2. The molecule has 0 radical (unpaired) electrons. The summed E-state index contributed by atoms with van der Waals surface area (Å²) in [5.74, 6) is 0. The summed E-state index contributed by atoms with van der Waals surface area (Å²) in [5.41, 5.74) is 9.86. The third-order valence-electron chi connectivity index (χ3n) is 5.84. The molecule has 5 aromatic rings. The van der Waals surface area contributed by atoms with Gasteiger partial charge < -0.3 is 10.7 Å². The van der Waals surface area contributed by atoms with Gasteiger partial charge in [-0.15, -0.1) is 0 Å². The monoisotopic (exact) mass is 449 g/mol. The van der Waals surface area contributed by atoms with E-state index in [1.165, 1.54) is 12.1 Å². The van der Waals surface area contributed by atoms with Gasteiger partial charge in [-0.1, -0.05) is 66.7 Å². The number of hydrogen-bond acceptors (Lipinski definition) is 4. The lowest BCUT2D eigenvalue weighted by Crippen LogP contribution is -2.47. The van der Waals surface area contributed by atoms with Crippen molar-refractivity contribution < 1.29 is 10.7 Å². The van der Waals surface area contributed by atoms with Gasteiger partial charge in [-0.05, 0) is 17.2 Å². The Morgan fingerprint density at radius 3 is 2.29 bits per heavy atom. The molecule has 0 fully saturated rings. The molecule has 0 spiro atoms. The van der Waals surface area contributed by atoms with E-state index >= 15 is 0 Å². The summed E-state index contributed by atoms with van der Waals surface area (Å²) in [6, 6.07) is 26.0. The second-order valence-corrected chi connectivity index (χ2v) is 7.93. The van der Waals surface area contributed by atoms with Gasteiger partial charge in [0.25, 0.3) is 11.2 Å². The van der Waals surface area contributed by atoms with Gasteiger partial charge in [-0.2, -0.15) is 0 Å². The molecule has 7 heteroatoms. The number of quaternary nitrogens is 1. The zero-order chi connectivity index (χ0) is 23.7. The number of nitro groups is 1. The maximum Gasteiger partial charge on any atom is 0.270 e. The van der Waals surface area contributed by atoms with Crippen LogP contribution in [0.3, 0.4) is 0 Å².